The highest BCUT2D eigenvalue weighted by Gasteiger charge is 2.42. The van der Waals surface area contributed by atoms with Crippen LogP contribution in [0.1, 0.15) is 28.4 Å². The first-order valence-corrected chi connectivity index (χ1v) is 7.86. The van der Waals surface area contributed by atoms with Gasteiger partial charge in [-0.3, -0.25) is 0 Å². The molecule has 5 heteroatoms. The maximum atomic E-state index is 12.5. The summed E-state index contributed by atoms with van der Waals surface area (Å²) >= 11 is 0. The molecule has 0 saturated carbocycles. The fraction of sp³-hybridized carbons (Fsp3) is 0.316. The Kier molecular flexibility index (Phi) is 5.25. The zero-order valence-corrected chi connectivity index (χ0v) is 13.4. The molecule has 1 fully saturated rings. The van der Waals surface area contributed by atoms with Crippen molar-refractivity contribution < 1.29 is 24.1 Å². The first-order chi connectivity index (χ1) is 11.7. The minimum atomic E-state index is -0.774. The maximum absolute atomic E-state index is 12.5. The van der Waals surface area contributed by atoms with Crippen LogP contribution in [0, 0.1) is 0 Å². The first kappa shape index (κ1) is 16.6. The molecule has 0 amide bonds. The van der Waals surface area contributed by atoms with E-state index in [9.17, 15) is 9.90 Å². The van der Waals surface area contributed by atoms with Crippen LogP contribution < -0.4 is 0 Å². The number of carbonyl (C=O) groups is 1. The van der Waals surface area contributed by atoms with E-state index in [1.54, 1.807) is 24.3 Å². The molecule has 5 nitrogen and oxygen atoms in total. The van der Waals surface area contributed by atoms with Crippen LogP contribution >= 0.6 is 0 Å². The van der Waals surface area contributed by atoms with E-state index in [0.717, 1.165) is 5.56 Å². The zero-order valence-electron chi connectivity index (χ0n) is 13.4. The SMILES string of the molecule is CO[C@@H]1C[C@@H](O)[C@@H]([C@H](OC(=O)c2ccccc2)c2ccccc2)O1. The number of hydrogen-bond donors (Lipinski definition) is 1. The second-order valence-corrected chi connectivity index (χ2v) is 5.67. The van der Waals surface area contributed by atoms with E-state index in [2.05, 4.69) is 0 Å². The number of ether oxygens (including phenoxy) is 3. The average Bonchev–Trinajstić information content (AvgIpc) is 3.01. The largest absolute Gasteiger partial charge is 0.451 e. The molecule has 1 saturated heterocycles. The molecule has 4 atom stereocenters. The number of aliphatic hydroxyl groups excluding tert-OH is 1. The topological polar surface area (TPSA) is 65.0 Å². The van der Waals surface area contributed by atoms with Crippen molar-refractivity contribution in [3.05, 3.63) is 71.8 Å². The minimum Gasteiger partial charge on any atom is -0.451 e. The van der Waals surface area contributed by atoms with Crippen molar-refractivity contribution in [2.45, 2.75) is 31.0 Å². The van der Waals surface area contributed by atoms with Crippen molar-refractivity contribution in [3.8, 4) is 0 Å². The Hall–Kier alpha value is -2.21. The lowest BCUT2D eigenvalue weighted by Crippen LogP contribution is -2.32. The summed E-state index contributed by atoms with van der Waals surface area (Å²) in [7, 11) is 1.52. The molecule has 2 aromatic rings. The first-order valence-electron chi connectivity index (χ1n) is 7.86. The number of hydrogen-bond acceptors (Lipinski definition) is 5. The Balaban J connectivity index is 1.85. The Morgan fingerprint density at radius 3 is 2.33 bits per heavy atom. The van der Waals surface area contributed by atoms with Gasteiger partial charge in [0.05, 0.1) is 11.7 Å². The highest BCUT2D eigenvalue weighted by Crippen LogP contribution is 2.34. The molecule has 2 aromatic carbocycles. The van der Waals surface area contributed by atoms with E-state index in [4.69, 9.17) is 14.2 Å². The third-order valence-corrected chi connectivity index (χ3v) is 4.05. The van der Waals surface area contributed by atoms with Crippen molar-refractivity contribution in [1.29, 1.82) is 0 Å². The lowest BCUT2D eigenvalue weighted by molar-refractivity contribution is -0.147. The molecular weight excluding hydrogens is 308 g/mol. The van der Waals surface area contributed by atoms with Crippen molar-refractivity contribution in [2.24, 2.45) is 0 Å². The van der Waals surface area contributed by atoms with Gasteiger partial charge < -0.3 is 19.3 Å². The predicted octanol–water partition coefficient (Wildman–Crippen LogP) is 2.71. The Morgan fingerprint density at radius 2 is 1.75 bits per heavy atom. The molecular formula is C19H20O5. The molecule has 0 spiro atoms. The quantitative estimate of drug-likeness (QED) is 0.855. The number of carbonyl (C=O) groups excluding carboxylic acids is 1. The number of rotatable bonds is 5. The number of benzene rings is 2. The lowest BCUT2D eigenvalue weighted by Gasteiger charge is -2.26. The van der Waals surface area contributed by atoms with Gasteiger partial charge in [-0.25, -0.2) is 4.79 Å². The summed E-state index contributed by atoms with van der Waals surface area (Å²) in [5, 5.41) is 10.3. The average molecular weight is 328 g/mol. The van der Waals surface area contributed by atoms with Gasteiger partial charge in [-0.05, 0) is 17.7 Å². The van der Waals surface area contributed by atoms with Crippen molar-refractivity contribution in [2.75, 3.05) is 7.11 Å². The second-order valence-electron chi connectivity index (χ2n) is 5.67. The van der Waals surface area contributed by atoms with E-state index < -0.39 is 30.6 Å². The van der Waals surface area contributed by atoms with Gasteiger partial charge in [-0.2, -0.15) is 0 Å². The van der Waals surface area contributed by atoms with Crippen LogP contribution in [0.25, 0.3) is 0 Å². The van der Waals surface area contributed by atoms with Crippen LogP contribution in [0.15, 0.2) is 60.7 Å². The van der Waals surface area contributed by atoms with Gasteiger partial charge in [0.2, 0.25) is 0 Å². The zero-order chi connectivity index (χ0) is 16.9. The highest BCUT2D eigenvalue weighted by atomic mass is 16.7. The van der Waals surface area contributed by atoms with Crippen LogP contribution in [-0.2, 0) is 14.2 Å². The molecule has 126 valence electrons. The third kappa shape index (κ3) is 3.64. The van der Waals surface area contributed by atoms with Gasteiger partial charge in [0.25, 0.3) is 0 Å². The summed E-state index contributed by atoms with van der Waals surface area (Å²) in [6.45, 7) is 0. The summed E-state index contributed by atoms with van der Waals surface area (Å²) < 4.78 is 16.6. The molecule has 3 rings (SSSR count). The molecule has 1 aliphatic rings. The number of esters is 1. The molecule has 1 aliphatic heterocycles. The summed E-state index contributed by atoms with van der Waals surface area (Å²) in [6.07, 6.45) is -2.33. The smallest absolute Gasteiger partial charge is 0.338 e. The summed E-state index contributed by atoms with van der Waals surface area (Å²) in [5.41, 5.74) is 1.22. The molecule has 0 radical (unpaired) electrons. The van der Waals surface area contributed by atoms with E-state index in [1.165, 1.54) is 7.11 Å². The molecule has 0 aromatic heterocycles. The van der Waals surface area contributed by atoms with Gasteiger partial charge >= 0.3 is 5.97 Å². The van der Waals surface area contributed by atoms with E-state index in [1.807, 2.05) is 36.4 Å². The van der Waals surface area contributed by atoms with Crippen molar-refractivity contribution >= 4 is 5.97 Å². The second kappa shape index (κ2) is 7.57. The Morgan fingerprint density at radius 1 is 1.12 bits per heavy atom. The summed E-state index contributed by atoms with van der Waals surface area (Å²) in [5.74, 6) is -0.457. The van der Waals surface area contributed by atoms with E-state index >= 15 is 0 Å². The molecule has 0 aliphatic carbocycles. The highest BCUT2D eigenvalue weighted by molar-refractivity contribution is 5.89. The maximum Gasteiger partial charge on any atom is 0.338 e. The van der Waals surface area contributed by atoms with Gasteiger partial charge in [0.15, 0.2) is 12.4 Å². The van der Waals surface area contributed by atoms with Crippen LogP contribution in [0.3, 0.4) is 0 Å². The molecule has 24 heavy (non-hydrogen) atoms. The monoisotopic (exact) mass is 328 g/mol. The number of methoxy groups -OCH3 is 1. The third-order valence-electron chi connectivity index (χ3n) is 4.05. The van der Waals surface area contributed by atoms with Crippen molar-refractivity contribution in [1.82, 2.24) is 0 Å². The predicted molar refractivity (Wildman–Crippen MR) is 87.3 cm³/mol. The van der Waals surface area contributed by atoms with E-state index in [-0.39, 0.29) is 0 Å². The van der Waals surface area contributed by atoms with Crippen LogP contribution in [0.4, 0.5) is 0 Å². The standard InChI is InChI=1S/C19H20O5/c1-22-16-12-15(20)18(23-16)17(13-8-4-2-5-9-13)24-19(21)14-10-6-3-7-11-14/h2-11,15-18,20H,12H2,1H3/t15-,16+,17-,18+/m1/s1. The summed E-state index contributed by atoms with van der Waals surface area (Å²) in [6, 6.07) is 18.0. The van der Waals surface area contributed by atoms with E-state index in [0.29, 0.717) is 12.0 Å². The van der Waals surface area contributed by atoms with Gasteiger partial charge in [0.1, 0.15) is 6.10 Å². The van der Waals surface area contributed by atoms with Gasteiger partial charge in [-0.15, -0.1) is 0 Å². The van der Waals surface area contributed by atoms with Crippen LogP contribution in [-0.4, -0.2) is 36.7 Å². The summed E-state index contributed by atoms with van der Waals surface area (Å²) in [4.78, 5) is 12.5. The molecule has 0 bridgehead atoms. The van der Waals surface area contributed by atoms with Gasteiger partial charge in [-0.1, -0.05) is 48.5 Å². The van der Waals surface area contributed by atoms with Gasteiger partial charge in [0, 0.05) is 13.5 Å². The van der Waals surface area contributed by atoms with Crippen LogP contribution in [0.2, 0.25) is 0 Å². The number of aliphatic hydroxyl groups is 1. The Labute approximate surface area is 140 Å². The minimum absolute atomic E-state index is 0.341. The lowest BCUT2D eigenvalue weighted by atomic mass is 10.00. The molecule has 0 unspecified atom stereocenters. The normalized spacial score (nSPS) is 24.5. The fourth-order valence-corrected chi connectivity index (χ4v) is 2.80. The molecule has 1 heterocycles. The molecule has 1 N–H and O–H groups in total. The fourth-order valence-electron chi connectivity index (χ4n) is 2.80. The Bertz CT molecular complexity index is 658. The van der Waals surface area contributed by atoms with Crippen LogP contribution in [0.5, 0.6) is 0 Å². The van der Waals surface area contributed by atoms with Crippen molar-refractivity contribution in [3.63, 3.8) is 0 Å².